The molecule has 5 rings (SSSR count). The second kappa shape index (κ2) is 15.9. The number of benzene rings is 2. The molecule has 11 nitrogen and oxygen atoms in total. The van der Waals surface area contributed by atoms with E-state index >= 15 is 0 Å². The zero-order valence-electron chi connectivity index (χ0n) is 27.4. The standard InChI is InChI=1S/C33H39N7O4.C2H6/c1-21-17-24(18-22(2)30(21)38-34-4)19-29(31(41)44-23(3)25-9-13-35-14-10-25)37-32(42)39-15-11-27(12-16-39)40-20-26-7-5-6-8-28(26)36-33(40)43;1-2/h5-10,13-14,17-18,23,27,29,38H,4,11-12,15-16,19-20H2,1-3H3,(H,36,43)(H,37,42);1-2H3/t23-,29?;/m1./s1. The molecule has 4 amide bonds. The molecule has 0 bridgehead atoms. The second-order valence-electron chi connectivity index (χ2n) is 11.4. The number of esters is 1. The van der Waals surface area contributed by atoms with Crippen molar-refractivity contribution in [1.82, 2.24) is 20.1 Å². The first kappa shape index (κ1) is 34.0. The molecule has 0 saturated carbocycles. The molecule has 2 aliphatic heterocycles. The minimum Gasteiger partial charge on any atom is -0.456 e. The lowest BCUT2D eigenvalue weighted by molar-refractivity contribution is -0.151. The van der Waals surface area contributed by atoms with Crippen LogP contribution in [0.2, 0.25) is 0 Å². The van der Waals surface area contributed by atoms with Crippen molar-refractivity contribution in [2.75, 3.05) is 23.8 Å². The average Bonchev–Trinajstić information content (AvgIpc) is 3.07. The van der Waals surface area contributed by atoms with Crippen LogP contribution in [-0.4, -0.2) is 64.7 Å². The summed E-state index contributed by atoms with van der Waals surface area (Å²) in [6.45, 7) is 14.7. The Hall–Kier alpha value is -4.93. The molecule has 1 aromatic heterocycles. The molecule has 3 heterocycles. The van der Waals surface area contributed by atoms with Crippen molar-refractivity contribution in [3.05, 3.63) is 88.7 Å². The van der Waals surface area contributed by atoms with Crippen LogP contribution in [0.5, 0.6) is 0 Å². The third kappa shape index (κ3) is 8.21. The smallest absolute Gasteiger partial charge is 0.329 e. The number of anilines is 2. The third-order valence-electron chi connectivity index (χ3n) is 8.33. The van der Waals surface area contributed by atoms with Gasteiger partial charge >= 0.3 is 18.0 Å². The summed E-state index contributed by atoms with van der Waals surface area (Å²) in [5, 5.41) is 9.71. The third-order valence-corrected chi connectivity index (χ3v) is 8.33. The Morgan fingerprint density at radius 2 is 1.74 bits per heavy atom. The number of ether oxygens (including phenoxy) is 1. The van der Waals surface area contributed by atoms with Crippen LogP contribution in [0, 0.1) is 13.8 Å². The van der Waals surface area contributed by atoms with E-state index in [0.717, 1.165) is 39.2 Å². The fourth-order valence-corrected chi connectivity index (χ4v) is 5.95. The zero-order chi connectivity index (χ0) is 33.2. The van der Waals surface area contributed by atoms with E-state index in [4.69, 9.17) is 4.74 Å². The fraction of sp³-hybridized carbons (Fsp3) is 0.400. The summed E-state index contributed by atoms with van der Waals surface area (Å²) in [5.74, 6) is -0.522. The van der Waals surface area contributed by atoms with Crippen LogP contribution >= 0.6 is 0 Å². The quantitative estimate of drug-likeness (QED) is 0.148. The van der Waals surface area contributed by atoms with Gasteiger partial charge in [0.05, 0.1) is 5.69 Å². The molecular weight excluding hydrogens is 582 g/mol. The Bertz CT molecular complexity index is 1500. The van der Waals surface area contributed by atoms with E-state index in [-0.39, 0.29) is 24.5 Å². The van der Waals surface area contributed by atoms with Gasteiger partial charge in [0.2, 0.25) is 0 Å². The molecular formula is C35H45N7O4. The number of urea groups is 2. The van der Waals surface area contributed by atoms with E-state index in [1.54, 1.807) is 36.4 Å². The van der Waals surface area contributed by atoms with Crippen molar-refractivity contribution in [3.63, 3.8) is 0 Å². The summed E-state index contributed by atoms with van der Waals surface area (Å²) in [6, 6.07) is 14.0. The minimum absolute atomic E-state index is 0.0116. The van der Waals surface area contributed by atoms with Crippen molar-refractivity contribution >= 4 is 36.1 Å². The average molecular weight is 628 g/mol. The first-order valence-corrected chi connectivity index (χ1v) is 15.9. The molecule has 1 saturated heterocycles. The molecule has 2 atom stereocenters. The maximum Gasteiger partial charge on any atom is 0.329 e. The van der Waals surface area contributed by atoms with Crippen LogP contribution in [0.4, 0.5) is 21.0 Å². The van der Waals surface area contributed by atoms with E-state index in [1.807, 2.05) is 69.0 Å². The van der Waals surface area contributed by atoms with Crippen LogP contribution in [0.25, 0.3) is 0 Å². The van der Waals surface area contributed by atoms with E-state index < -0.39 is 18.1 Å². The van der Waals surface area contributed by atoms with Gasteiger partial charge in [0.25, 0.3) is 0 Å². The molecule has 2 aliphatic rings. The molecule has 3 N–H and O–H groups in total. The summed E-state index contributed by atoms with van der Waals surface area (Å²) in [6.07, 6.45) is 4.31. The molecule has 0 spiro atoms. The van der Waals surface area contributed by atoms with Crippen molar-refractivity contribution in [3.8, 4) is 0 Å². The molecule has 244 valence electrons. The molecule has 2 aromatic carbocycles. The molecule has 11 heteroatoms. The highest BCUT2D eigenvalue weighted by molar-refractivity contribution is 5.92. The van der Waals surface area contributed by atoms with Gasteiger partial charge < -0.3 is 25.2 Å². The van der Waals surface area contributed by atoms with Gasteiger partial charge in [-0.2, -0.15) is 5.10 Å². The van der Waals surface area contributed by atoms with Crippen molar-refractivity contribution in [1.29, 1.82) is 0 Å². The number of aromatic nitrogens is 1. The Morgan fingerprint density at radius 3 is 2.39 bits per heavy atom. The highest BCUT2D eigenvalue weighted by Gasteiger charge is 2.34. The lowest BCUT2D eigenvalue weighted by atomic mass is 9.99. The highest BCUT2D eigenvalue weighted by Crippen LogP contribution is 2.28. The number of carbonyl (C=O) groups is 3. The number of carbonyl (C=O) groups excluding carboxylic acids is 3. The van der Waals surface area contributed by atoms with Crippen LogP contribution in [-0.2, 0) is 22.5 Å². The van der Waals surface area contributed by atoms with E-state index in [9.17, 15) is 14.4 Å². The van der Waals surface area contributed by atoms with Gasteiger partial charge in [0.15, 0.2) is 0 Å². The van der Waals surface area contributed by atoms with Crippen LogP contribution in [0.1, 0.15) is 67.5 Å². The first-order valence-electron chi connectivity index (χ1n) is 15.9. The van der Waals surface area contributed by atoms with Gasteiger partial charge in [-0.05, 0) is 79.6 Å². The summed E-state index contributed by atoms with van der Waals surface area (Å²) >= 11 is 0. The number of para-hydroxylation sites is 1. The maximum absolute atomic E-state index is 13.5. The molecule has 1 fully saturated rings. The van der Waals surface area contributed by atoms with Gasteiger partial charge in [-0.1, -0.05) is 44.2 Å². The number of hydrogen-bond donors (Lipinski definition) is 3. The number of amides is 4. The van der Waals surface area contributed by atoms with Gasteiger partial charge in [-0.15, -0.1) is 0 Å². The van der Waals surface area contributed by atoms with E-state index in [1.165, 1.54) is 0 Å². The van der Waals surface area contributed by atoms with E-state index in [0.29, 0.717) is 32.5 Å². The predicted molar refractivity (Wildman–Crippen MR) is 181 cm³/mol. The Balaban J connectivity index is 0.00000235. The summed E-state index contributed by atoms with van der Waals surface area (Å²) in [7, 11) is 0. The normalized spacial score (nSPS) is 15.7. The SMILES string of the molecule is C=NNc1c(C)cc(CC(NC(=O)N2CCC(N3Cc4ccccc4NC3=O)CC2)C(=O)O[C@H](C)c2ccncc2)cc1C.CC. The molecule has 1 unspecified atom stereocenters. The van der Waals surface area contributed by atoms with Gasteiger partial charge in [0, 0.05) is 56.9 Å². The van der Waals surface area contributed by atoms with Crippen molar-refractivity contribution in [2.24, 2.45) is 5.10 Å². The van der Waals surface area contributed by atoms with E-state index in [2.05, 4.69) is 32.9 Å². The summed E-state index contributed by atoms with van der Waals surface area (Å²) in [4.78, 5) is 47.5. The number of aryl methyl sites for hydroxylation is 2. The Labute approximate surface area is 271 Å². The van der Waals surface area contributed by atoms with Crippen LogP contribution in [0.15, 0.2) is 66.0 Å². The van der Waals surface area contributed by atoms with Gasteiger partial charge in [0.1, 0.15) is 12.1 Å². The first-order chi connectivity index (χ1) is 22.2. The fourth-order valence-electron chi connectivity index (χ4n) is 5.95. The number of pyridine rings is 1. The Kier molecular flexibility index (Phi) is 11.7. The number of piperidine rings is 1. The lowest BCUT2D eigenvalue weighted by Crippen LogP contribution is -2.55. The van der Waals surface area contributed by atoms with Crippen molar-refractivity contribution < 1.29 is 19.1 Å². The maximum atomic E-state index is 13.5. The van der Waals surface area contributed by atoms with Crippen molar-refractivity contribution in [2.45, 2.75) is 78.6 Å². The lowest BCUT2D eigenvalue weighted by Gasteiger charge is -2.40. The van der Waals surface area contributed by atoms with Gasteiger partial charge in [-0.3, -0.25) is 10.4 Å². The topological polar surface area (TPSA) is 128 Å². The second-order valence-corrected chi connectivity index (χ2v) is 11.4. The summed E-state index contributed by atoms with van der Waals surface area (Å²) in [5.41, 5.74) is 9.27. The number of hydrazone groups is 1. The van der Waals surface area contributed by atoms with Crippen LogP contribution < -0.4 is 16.1 Å². The number of likely N-dealkylation sites (tertiary alicyclic amines) is 1. The number of hydrogen-bond acceptors (Lipinski definition) is 7. The molecule has 3 aromatic rings. The minimum atomic E-state index is -0.913. The molecule has 0 aliphatic carbocycles. The number of rotatable bonds is 9. The number of fused-ring (bicyclic) bond motifs is 1. The van der Waals surface area contributed by atoms with Gasteiger partial charge in [-0.25, -0.2) is 14.4 Å². The largest absolute Gasteiger partial charge is 0.456 e. The highest BCUT2D eigenvalue weighted by atomic mass is 16.5. The Morgan fingerprint density at radius 1 is 1.09 bits per heavy atom. The monoisotopic (exact) mass is 627 g/mol. The number of nitrogens with zero attached hydrogens (tertiary/aromatic N) is 4. The van der Waals surface area contributed by atoms with Crippen LogP contribution in [0.3, 0.4) is 0 Å². The molecule has 0 radical (unpaired) electrons. The number of nitrogens with one attached hydrogen (secondary N) is 3. The summed E-state index contributed by atoms with van der Waals surface area (Å²) < 4.78 is 5.83. The predicted octanol–water partition coefficient (Wildman–Crippen LogP) is 6.19. The molecule has 46 heavy (non-hydrogen) atoms. The zero-order valence-corrected chi connectivity index (χ0v) is 27.4.